The van der Waals surface area contributed by atoms with Crippen molar-refractivity contribution in [3.05, 3.63) is 28.2 Å². The van der Waals surface area contributed by atoms with Crippen LogP contribution in [0.15, 0.2) is 22.7 Å². The van der Waals surface area contributed by atoms with E-state index in [0.29, 0.717) is 6.61 Å². The summed E-state index contributed by atoms with van der Waals surface area (Å²) >= 11 is 3.53. The summed E-state index contributed by atoms with van der Waals surface area (Å²) in [6, 6.07) is 6.45. The zero-order valence-electron chi connectivity index (χ0n) is 11.3. The predicted octanol–water partition coefficient (Wildman–Crippen LogP) is 4.15. The van der Waals surface area contributed by atoms with Crippen LogP contribution in [0.5, 0.6) is 5.75 Å². The van der Waals surface area contributed by atoms with Gasteiger partial charge in [-0.3, -0.25) is 0 Å². The van der Waals surface area contributed by atoms with Gasteiger partial charge in [0.1, 0.15) is 5.75 Å². The maximum absolute atomic E-state index is 5.71. The summed E-state index contributed by atoms with van der Waals surface area (Å²) in [6.45, 7) is 9.38. The monoisotopic (exact) mass is 299 g/mol. The first kappa shape index (κ1) is 14.5. The smallest absolute Gasteiger partial charge is 0.124 e. The molecule has 1 rings (SSSR count). The number of hydrogen-bond acceptors (Lipinski definition) is 2. The van der Waals surface area contributed by atoms with Crippen LogP contribution in [0.25, 0.3) is 0 Å². The van der Waals surface area contributed by atoms with Crippen molar-refractivity contribution in [3.8, 4) is 5.75 Å². The Morgan fingerprint density at radius 3 is 2.47 bits per heavy atom. The van der Waals surface area contributed by atoms with E-state index in [9.17, 15) is 0 Å². The normalized spacial score (nSPS) is 13.5. The molecule has 1 atom stereocenters. The molecule has 0 spiro atoms. The fourth-order valence-corrected chi connectivity index (χ4v) is 2.47. The van der Waals surface area contributed by atoms with Crippen molar-refractivity contribution >= 4 is 15.9 Å². The SMILES string of the molecule is CCOc1ccc(Br)cc1C(NC)C(C)(C)C. The first-order valence-electron chi connectivity index (χ1n) is 5.99. The minimum Gasteiger partial charge on any atom is -0.494 e. The molecule has 0 aliphatic heterocycles. The molecule has 96 valence electrons. The Labute approximate surface area is 113 Å². The molecule has 0 amide bonds. The molecule has 2 nitrogen and oxygen atoms in total. The zero-order valence-corrected chi connectivity index (χ0v) is 12.9. The molecule has 0 aliphatic carbocycles. The summed E-state index contributed by atoms with van der Waals surface area (Å²) in [5.41, 5.74) is 1.35. The van der Waals surface area contributed by atoms with Crippen molar-refractivity contribution < 1.29 is 4.74 Å². The molecule has 1 aromatic carbocycles. The molecule has 17 heavy (non-hydrogen) atoms. The van der Waals surface area contributed by atoms with Crippen LogP contribution in [-0.2, 0) is 0 Å². The van der Waals surface area contributed by atoms with Crippen molar-refractivity contribution in [3.63, 3.8) is 0 Å². The Morgan fingerprint density at radius 2 is 2.00 bits per heavy atom. The van der Waals surface area contributed by atoms with Gasteiger partial charge in [-0.15, -0.1) is 0 Å². The van der Waals surface area contributed by atoms with Crippen LogP contribution in [0, 0.1) is 5.41 Å². The minimum absolute atomic E-state index is 0.140. The van der Waals surface area contributed by atoms with Crippen LogP contribution in [0.1, 0.15) is 39.3 Å². The van der Waals surface area contributed by atoms with Crippen molar-refractivity contribution in [1.29, 1.82) is 0 Å². The molecular formula is C14H22BrNO. The van der Waals surface area contributed by atoms with Crippen LogP contribution in [-0.4, -0.2) is 13.7 Å². The third-order valence-electron chi connectivity index (χ3n) is 2.74. The number of hydrogen-bond donors (Lipinski definition) is 1. The summed E-state index contributed by atoms with van der Waals surface area (Å²) in [5, 5.41) is 3.38. The number of nitrogens with one attached hydrogen (secondary N) is 1. The molecule has 1 unspecified atom stereocenters. The lowest BCUT2D eigenvalue weighted by molar-refractivity contribution is 0.270. The van der Waals surface area contributed by atoms with Crippen LogP contribution in [0.2, 0.25) is 0 Å². The van der Waals surface area contributed by atoms with Gasteiger partial charge in [0.2, 0.25) is 0 Å². The largest absolute Gasteiger partial charge is 0.494 e. The second-order valence-electron chi connectivity index (χ2n) is 5.20. The van der Waals surface area contributed by atoms with Gasteiger partial charge in [-0.05, 0) is 37.6 Å². The Balaban J connectivity index is 3.20. The first-order chi connectivity index (χ1) is 7.90. The van der Waals surface area contributed by atoms with Gasteiger partial charge in [0.15, 0.2) is 0 Å². The summed E-state index contributed by atoms with van der Waals surface area (Å²) in [5.74, 6) is 0.963. The fraction of sp³-hybridized carbons (Fsp3) is 0.571. The number of rotatable bonds is 4. The van der Waals surface area contributed by atoms with Gasteiger partial charge >= 0.3 is 0 Å². The summed E-state index contributed by atoms with van der Waals surface area (Å²) in [6.07, 6.45) is 0. The average molecular weight is 300 g/mol. The predicted molar refractivity (Wildman–Crippen MR) is 76.6 cm³/mol. The van der Waals surface area contributed by atoms with Crippen LogP contribution in [0.4, 0.5) is 0 Å². The van der Waals surface area contributed by atoms with E-state index in [4.69, 9.17) is 4.74 Å². The van der Waals surface area contributed by atoms with E-state index in [0.717, 1.165) is 10.2 Å². The molecule has 0 fully saturated rings. The van der Waals surface area contributed by atoms with E-state index in [2.05, 4.69) is 48.1 Å². The third kappa shape index (κ3) is 3.71. The number of halogens is 1. The van der Waals surface area contributed by atoms with Crippen LogP contribution >= 0.6 is 15.9 Å². The van der Waals surface area contributed by atoms with Crippen molar-refractivity contribution in [2.75, 3.05) is 13.7 Å². The standard InChI is InChI=1S/C14H22BrNO/c1-6-17-12-8-7-10(15)9-11(12)13(16-5)14(2,3)4/h7-9,13,16H,6H2,1-5H3. The molecule has 0 radical (unpaired) electrons. The molecule has 0 heterocycles. The Morgan fingerprint density at radius 1 is 1.35 bits per heavy atom. The van der Waals surface area contributed by atoms with Crippen LogP contribution in [0.3, 0.4) is 0 Å². The van der Waals surface area contributed by atoms with E-state index in [1.54, 1.807) is 0 Å². The molecule has 0 saturated carbocycles. The topological polar surface area (TPSA) is 21.3 Å². The highest BCUT2D eigenvalue weighted by atomic mass is 79.9. The van der Waals surface area contributed by atoms with Gasteiger partial charge in [0.25, 0.3) is 0 Å². The Kier molecular flexibility index (Phi) is 5.02. The van der Waals surface area contributed by atoms with Gasteiger partial charge in [0.05, 0.1) is 6.61 Å². The quantitative estimate of drug-likeness (QED) is 0.901. The summed E-state index contributed by atoms with van der Waals surface area (Å²) in [4.78, 5) is 0. The third-order valence-corrected chi connectivity index (χ3v) is 3.23. The highest BCUT2D eigenvalue weighted by Gasteiger charge is 2.27. The lowest BCUT2D eigenvalue weighted by Crippen LogP contribution is -2.30. The Bertz CT molecular complexity index is 371. The molecule has 3 heteroatoms. The minimum atomic E-state index is 0.140. The van der Waals surface area contributed by atoms with Crippen LogP contribution < -0.4 is 10.1 Å². The van der Waals surface area contributed by atoms with Gasteiger partial charge in [-0.25, -0.2) is 0 Å². The van der Waals surface area contributed by atoms with E-state index in [1.807, 2.05) is 26.1 Å². The summed E-state index contributed by atoms with van der Waals surface area (Å²) in [7, 11) is 1.99. The van der Waals surface area contributed by atoms with E-state index >= 15 is 0 Å². The second-order valence-corrected chi connectivity index (χ2v) is 6.12. The molecule has 1 aromatic rings. The molecule has 0 bridgehead atoms. The maximum Gasteiger partial charge on any atom is 0.124 e. The Hall–Kier alpha value is -0.540. The summed E-state index contributed by atoms with van der Waals surface area (Å²) < 4.78 is 6.79. The molecule has 0 aromatic heterocycles. The van der Waals surface area contributed by atoms with E-state index in [-0.39, 0.29) is 11.5 Å². The molecular weight excluding hydrogens is 278 g/mol. The van der Waals surface area contributed by atoms with E-state index < -0.39 is 0 Å². The average Bonchev–Trinajstić information content (AvgIpc) is 2.21. The lowest BCUT2D eigenvalue weighted by atomic mass is 9.82. The lowest BCUT2D eigenvalue weighted by Gasteiger charge is -2.32. The van der Waals surface area contributed by atoms with E-state index in [1.165, 1.54) is 5.56 Å². The number of benzene rings is 1. The second kappa shape index (κ2) is 5.87. The van der Waals surface area contributed by atoms with Gasteiger partial charge in [0, 0.05) is 16.1 Å². The van der Waals surface area contributed by atoms with Crippen molar-refractivity contribution in [2.24, 2.45) is 5.41 Å². The van der Waals surface area contributed by atoms with Gasteiger partial charge in [-0.1, -0.05) is 36.7 Å². The molecule has 1 N–H and O–H groups in total. The molecule has 0 saturated heterocycles. The van der Waals surface area contributed by atoms with Crippen molar-refractivity contribution in [2.45, 2.75) is 33.7 Å². The molecule has 0 aliphatic rings. The number of ether oxygens (including phenoxy) is 1. The van der Waals surface area contributed by atoms with Gasteiger partial charge < -0.3 is 10.1 Å². The first-order valence-corrected chi connectivity index (χ1v) is 6.79. The maximum atomic E-state index is 5.71. The zero-order chi connectivity index (χ0) is 13.1. The fourth-order valence-electron chi connectivity index (χ4n) is 2.09. The van der Waals surface area contributed by atoms with Gasteiger partial charge in [-0.2, -0.15) is 0 Å². The highest BCUT2D eigenvalue weighted by molar-refractivity contribution is 9.10. The highest BCUT2D eigenvalue weighted by Crippen LogP contribution is 2.38. The van der Waals surface area contributed by atoms with Crippen molar-refractivity contribution in [1.82, 2.24) is 5.32 Å².